The number of hydrogen-bond donors (Lipinski definition) is 2. The molecule has 1 aliphatic heterocycles. The molecule has 1 aliphatic rings. The number of hydrogen-bond acceptors (Lipinski definition) is 3. The van der Waals surface area contributed by atoms with Crippen LogP contribution in [0, 0.1) is 5.92 Å². The Hall–Kier alpha value is -0.830. The first-order chi connectivity index (χ1) is 8.22. The molecule has 0 aliphatic carbocycles. The first-order valence-corrected chi connectivity index (χ1v) is 5.91. The van der Waals surface area contributed by atoms with Crippen molar-refractivity contribution < 1.29 is 4.74 Å². The van der Waals surface area contributed by atoms with E-state index in [1.807, 2.05) is 10.7 Å². The summed E-state index contributed by atoms with van der Waals surface area (Å²) in [5.74, 6) is 0.471. The van der Waals surface area contributed by atoms with Crippen molar-refractivity contribution in [3.63, 3.8) is 0 Å². The SMILES string of the molecule is CCn1nccc1[C@@H]1OCC[C@H]1CN=C(N)N.I. The fraction of sp³-hybridized carbons (Fsp3) is 0.636. The molecule has 0 spiro atoms. The smallest absolute Gasteiger partial charge is 0.185 e. The summed E-state index contributed by atoms with van der Waals surface area (Å²) in [5, 5.41) is 4.26. The van der Waals surface area contributed by atoms with Crippen LogP contribution in [0.4, 0.5) is 0 Å². The lowest BCUT2D eigenvalue weighted by molar-refractivity contribution is 0.0851. The molecule has 0 unspecified atom stereocenters. The predicted molar refractivity (Wildman–Crippen MR) is 80.8 cm³/mol. The summed E-state index contributed by atoms with van der Waals surface area (Å²) < 4.78 is 7.73. The minimum atomic E-state index is 0. The summed E-state index contributed by atoms with van der Waals surface area (Å²) in [6.07, 6.45) is 2.84. The van der Waals surface area contributed by atoms with Crippen LogP contribution in [-0.4, -0.2) is 28.9 Å². The van der Waals surface area contributed by atoms with Crippen molar-refractivity contribution in [1.82, 2.24) is 9.78 Å². The molecule has 6 nitrogen and oxygen atoms in total. The third kappa shape index (κ3) is 3.35. The fourth-order valence-electron chi connectivity index (χ4n) is 2.22. The molecule has 102 valence electrons. The molecule has 1 saturated heterocycles. The van der Waals surface area contributed by atoms with Gasteiger partial charge in [-0.3, -0.25) is 9.67 Å². The Morgan fingerprint density at radius 1 is 1.61 bits per heavy atom. The number of rotatable bonds is 4. The number of aliphatic imine (C=N–C) groups is 1. The molecule has 0 aromatic carbocycles. The highest BCUT2D eigenvalue weighted by Crippen LogP contribution is 2.34. The maximum Gasteiger partial charge on any atom is 0.185 e. The van der Waals surface area contributed by atoms with E-state index in [4.69, 9.17) is 16.2 Å². The Bertz CT molecular complexity index is 402. The van der Waals surface area contributed by atoms with E-state index in [0.717, 1.165) is 25.3 Å². The van der Waals surface area contributed by atoms with Gasteiger partial charge in [-0.05, 0) is 19.4 Å². The Morgan fingerprint density at radius 2 is 2.39 bits per heavy atom. The fourth-order valence-corrected chi connectivity index (χ4v) is 2.22. The second kappa shape index (κ2) is 6.93. The van der Waals surface area contributed by atoms with Gasteiger partial charge in [-0.25, -0.2) is 0 Å². The van der Waals surface area contributed by atoms with Gasteiger partial charge in [-0.1, -0.05) is 0 Å². The second-order valence-electron chi connectivity index (χ2n) is 4.18. The highest BCUT2D eigenvalue weighted by molar-refractivity contribution is 14.0. The molecule has 2 atom stereocenters. The molecule has 0 bridgehead atoms. The highest BCUT2D eigenvalue weighted by atomic mass is 127. The van der Waals surface area contributed by atoms with Crippen molar-refractivity contribution in [2.45, 2.75) is 26.0 Å². The maximum absolute atomic E-state index is 5.77. The Morgan fingerprint density at radius 3 is 3.06 bits per heavy atom. The first kappa shape index (κ1) is 15.2. The minimum absolute atomic E-state index is 0. The molecule has 2 heterocycles. The zero-order chi connectivity index (χ0) is 12.3. The molecule has 0 radical (unpaired) electrons. The van der Waals surface area contributed by atoms with Crippen molar-refractivity contribution in [3.05, 3.63) is 18.0 Å². The molecule has 2 rings (SSSR count). The van der Waals surface area contributed by atoms with Crippen LogP contribution in [-0.2, 0) is 11.3 Å². The van der Waals surface area contributed by atoms with E-state index in [1.165, 1.54) is 0 Å². The van der Waals surface area contributed by atoms with Crippen LogP contribution in [0.5, 0.6) is 0 Å². The van der Waals surface area contributed by atoms with Gasteiger partial charge in [0, 0.05) is 31.8 Å². The van der Waals surface area contributed by atoms with Crippen molar-refractivity contribution >= 4 is 29.9 Å². The van der Waals surface area contributed by atoms with Gasteiger partial charge in [0.1, 0.15) is 6.10 Å². The van der Waals surface area contributed by atoms with Crippen LogP contribution in [0.15, 0.2) is 17.3 Å². The van der Waals surface area contributed by atoms with Crippen LogP contribution in [0.2, 0.25) is 0 Å². The van der Waals surface area contributed by atoms with Crippen molar-refractivity contribution in [1.29, 1.82) is 0 Å². The molecule has 0 amide bonds. The third-order valence-corrected chi connectivity index (χ3v) is 3.06. The molecule has 4 N–H and O–H groups in total. The largest absolute Gasteiger partial charge is 0.372 e. The molecular formula is C11H20IN5O. The zero-order valence-electron chi connectivity index (χ0n) is 10.5. The summed E-state index contributed by atoms with van der Waals surface area (Å²) in [6.45, 7) is 4.28. The van der Waals surface area contributed by atoms with E-state index in [2.05, 4.69) is 17.0 Å². The first-order valence-electron chi connectivity index (χ1n) is 5.91. The topological polar surface area (TPSA) is 91.4 Å². The normalized spacial score (nSPS) is 22.5. The van der Waals surface area contributed by atoms with Crippen LogP contribution < -0.4 is 11.5 Å². The van der Waals surface area contributed by atoms with Gasteiger partial charge in [0.15, 0.2) is 5.96 Å². The summed E-state index contributed by atoms with van der Waals surface area (Å²) in [6, 6.07) is 2.00. The van der Waals surface area contributed by atoms with Crippen molar-refractivity contribution in [3.8, 4) is 0 Å². The summed E-state index contributed by atoms with van der Waals surface area (Å²) in [5.41, 5.74) is 11.8. The number of aromatic nitrogens is 2. The average molecular weight is 365 g/mol. The van der Waals surface area contributed by atoms with E-state index in [0.29, 0.717) is 12.5 Å². The van der Waals surface area contributed by atoms with Crippen LogP contribution in [0.3, 0.4) is 0 Å². The van der Waals surface area contributed by atoms with Crippen molar-refractivity contribution in [2.24, 2.45) is 22.4 Å². The number of nitrogens with zero attached hydrogens (tertiary/aromatic N) is 3. The molecule has 7 heteroatoms. The lowest BCUT2D eigenvalue weighted by Crippen LogP contribution is -2.25. The summed E-state index contributed by atoms with van der Waals surface area (Å²) >= 11 is 0. The lowest BCUT2D eigenvalue weighted by atomic mass is 9.99. The van der Waals surface area contributed by atoms with Crippen LogP contribution in [0.25, 0.3) is 0 Å². The summed E-state index contributed by atoms with van der Waals surface area (Å²) in [7, 11) is 0. The number of aryl methyl sites for hydroxylation is 1. The summed E-state index contributed by atoms with van der Waals surface area (Å²) in [4.78, 5) is 4.08. The zero-order valence-corrected chi connectivity index (χ0v) is 12.8. The highest BCUT2D eigenvalue weighted by Gasteiger charge is 2.31. The van der Waals surface area contributed by atoms with E-state index >= 15 is 0 Å². The van der Waals surface area contributed by atoms with E-state index in [-0.39, 0.29) is 36.0 Å². The Labute approximate surface area is 124 Å². The predicted octanol–water partition coefficient (Wildman–Crippen LogP) is 0.872. The lowest BCUT2D eigenvalue weighted by Gasteiger charge is -2.17. The molecule has 0 saturated carbocycles. The second-order valence-corrected chi connectivity index (χ2v) is 4.18. The van der Waals surface area contributed by atoms with Gasteiger partial charge in [-0.15, -0.1) is 24.0 Å². The van der Waals surface area contributed by atoms with E-state index < -0.39 is 0 Å². The molecule has 1 fully saturated rings. The molecule has 1 aromatic rings. The van der Waals surface area contributed by atoms with Gasteiger partial charge in [0.25, 0.3) is 0 Å². The quantitative estimate of drug-likeness (QED) is 0.471. The van der Waals surface area contributed by atoms with Gasteiger partial charge < -0.3 is 16.2 Å². The van der Waals surface area contributed by atoms with Crippen LogP contribution in [0.1, 0.15) is 25.1 Å². The van der Waals surface area contributed by atoms with E-state index in [1.54, 1.807) is 6.20 Å². The van der Waals surface area contributed by atoms with Gasteiger partial charge in [-0.2, -0.15) is 5.10 Å². The molecule has 1 aromatic heterocycles. The van der Waals surface area contributed by atoms with Gasteiger partial charge in [0.2, 0.25) is 0 Å². The molecular weight excluding hydrogens is 345 g/mol. The Kier molecular flexibility index (Phi) is 5.86. The number of guanidine groups is 1. The number of nitrogens with two attached hydrogens (primary N) is 2. The standard InChI is InChI=1S/C11H19N5O.HI/c1-2-16-9(3-5-15-16)10-8(4-6-17-10)7-14-11(12)13;/h3,5,8,10H,2,4,6-7H2,1H3,(H4,12,13,14);1H/t8-,10+;/m0./s1. The van der Waals surface area contributed by atoms with Crippen LogP contribution >= 0.6 is 24.0 Å². The monoisotopic (exact) mass is 365 g/mol. The third-order valence-electron chi connectivity index (χ3n) is 3.06. The number of halogens is 1. The van der Waals surface area contributed by atoms with Gasteiger partial charge in [0.05, 0.1) is 5.69 Å². The minimum Gasteiger partial charge on any atom is -0.372 e. The number of ether oxygens (including phenoxy) is 1. The van der Waals surface area contributed by atoms with Crippen molar-refractivity contribution in [2.75, 3.05) is 13.2 Å². The van der Waals surface area contributed by atoms with E-state index in [9.17, 15) is 0 Å². The maximum atomic E-state index is 5.77. The Balaban J connectivity index is 0.00000162. The average Bonchev–Trinajstić information content (AvgIpc) is 2.93. The molecule has 18 heavy (non-hydrogen) atoms. The van der Waals surface area contributed by atoms with Gasteiger partial charge >= 0.3 is 0 Å².